The lowest BCUT2D eigenvalue weighted by Crippen LogP contribution is -2.31. The van der Waals surface area contributed by atoms with Crippen LogP contribution in [0.1, 0.15) is 46.3 Å². The van der Waals surface area contributed by atoms with Gasteiger partial charge in [0.15, 0.2) is 0 Å². The van der Waals surface area contributed by atoms with Gasteiger partial charge in [-0.25, -0.2) is 4.39 Å². The summed E-state index contributed by atoms with van der Waals surface area (Å²) in [5, 5.41) is 6.60. The molecular formula is C20H19FN4O. The first-order valence-corrected chi connectivity index (χ1v) is 8.71. The number of hydrogen-bond acceptors (Lipinski definition) is 3. The molecule has 1 amide bonds. The van der Waals surface area contributed by atoms with Crippen LogP contribution in [0, 0.1) is 5.82 Å². The highest BCUT2D eigenvalue weighted by molar-refractivity contribution is 5.92. The normalized spacial score (nSPS) is 16.8. The summed E-state index contributed by atoms with van der Waals surface area (Å²) < 4.78 is 13.4. The Hall–Kier alpha value is -3.02. The third-order valence-corrected chi connectivity index (χ3v) is 4.69. The minimum Gasteiger partial charge on any atom is -0.329 e. The number of amides is 1. The standard InChI is InChI=1S/C20H19FN4O/c21-15-5-1-4-14(12-15)13-16-6-2-7-17(23-16)19-8-3-11-25(19)20(26)18-9-10-22-24-18/h1-2,4-7,9-10,12,19H,3,8,11,13H2,(H,22,24). The molecule has 3 aromatic rings. The molecule has 132 valence electrons. The van der Waals surface area contributed by atoms with Crippen molar-refractivity contribution in [3.05, 3.63) is 83.2 Å². The third-order valence-electron chi connectivity index (χ3n) is 4.69. The fourth-order valence-corrected chi connectivity index (χ4v) is 3.49. The van der Waals surface area contributed by atoms with Crippen molar-refractivity contribution in [2.24, 2.45) is 0 Å². The molecule has 1 unspecified atom stereocenters. The molecule has 3 heterocycles. The number of H-pyrrole nitrogens is 1. The Balaban J connectivity index is 1.56. The number of carbonyl (C=O) groups is 1. The van der Waals surface area contributed by atoms with E-state index in [2.05, 4.69) is 10.2 Å². The average Bonchev–Trinajstić information content (AvgIpc) is 3.33. The first-order chi connectivity index (χ1) is 12.7. The summed E-state index contributed by atoms with van der Waals surface area (Å²) in [5.41, 5.74) is 3.12. The number of rotatable bonds is 4. The van der Waals surface area contributed by atoms with Crippen molar-refractivity contribution in [3.63, 3.8) is 0 Å². The molecule has 6 heteroatoms. The lowest BCUT2D eigenvalue weighted by atomic mass is 10.1. The highest BCUT2D eigenvalue weighted by Gasteiger charge is 2.32. The van der Waals surface area contributed by atoms with E-state index < -0.39 is 0 Å². The summed E-state index contributed by atoms with van der Waals surface area (Å²) in [6.45, 7) is 0.707. The van der Waals surface area contributed by atoms with Crippen LogP contribution < -0.4 is 0 Å². The third kappa shape index (κ3) is 3.35. The van der Waals surface area contributed by atoms with Gasteiger partial charge in [-0.1, -0.05) is 18.2 Å². The van der Waals surface area contributed by atoms with E-state index in [-0.39, 0.29) is 17.8 Å². The number of nitrogens with one attached hydrogen (secondary N) is 1. The minimum absolute atomic E-state index is 0.0433. The van der Waals surface area contributed by atoms with Gasteiger partial charge in [-0.05, 0) is 48.7 Å². The van der Waals surface area contributed by atoms with Gasteiger partial charge in [-0.3, -0.25) is 14.9 Å². The second kappa shape index (κ2) is 7.07. The Bertz CT molecular complexity index is 910. The van der Waals surface area contributed by atoms with Gasteiger partial charge >= 0.3 is 0 Å². The lowest BCUT2D eigenvalue weighted by Gasteiger charge is -2.24. The molecule has 26 heavy (non-hydrogen) atoms. The number of aromatic amines is 1. The van der Waals surface area contributed by atoms with Crippen molar-refractivity contribution in [2.75, 3.05) is 6.54 Å². The molecular weight excluding hydrogens is 331 g/mol. The Morgan fingerprint density at radius 3 is 2.92 bits per heavy atom. The summed E-state index contributed by atoms with van der Waals surface area (Å²) in [5.74, 6) is -0.298. The molecule has 1 aliphatic heterocycles. The number of nitrogens with zero attached hydrogens (tertiary/aromatic N) is 3. The maximum absolute atomic E-state index is 13.4. The van der Waals surface area contributed by atoms with Crippen LogP contribution >= 0.6 is 0 Å². The van der Waals surface area contributed by atoms with Gasteiger partial charge in [0, 0.05) is 24.9 Å². The fraction of sp³-hybridized carbons (Fsp3) is 0.250. The van der Waals surface area contributed by atoms with Crippen molar-refractivity contribution >= 4 is 5.91 Å². The van der Waals surface area contributed by atoms with Crippen LogP contribution in [0.15, 0.2) is 54.7 Å². The zero-order chi connectivity index (χ0) is 17.9. The predicted molar refractivity (Wildman–Crippen MR) is 95.0 cm³/mol. The smallest absolute Gasteiger partial charge is 0.272 e. The number of halogens is 1. The summed E-state index contributed by atoms with van der Waals surface area (Å²) in [6, 6.07) is 14.0. The van der Waals surface area contributed by atoms with Crippen LogP contribution in [0.2, 0.25) is 0 Å². The van der Waals surface area contributed by atoms with E-state index in [1.54, 1.807) is 18.3 Å². The van der Waals surface area contributed by atoms with Gasteiger partial charge in [0.2, 0.25) is 0 Å². The quantitative estimate of drug-likeness (QED) is 0.783. The molecule has 1 saturated heterocycles. The number of carbonyl (C=O) groups excluding carboxylic acids is 1. The van der Waals surface area contributed by atoms with Crippen LogP contribution in [0.5, 0.6) is 0 Å². The summed E-state index contributed by atoms with van der Waals surface area (Å²) >= 11 is 0. The molecule has 1 fully saturated rings. The number of aromatic nitrogens is 3. The number of hydrogen-bond donors (Lipinski definition) is 1. The first kappa shape index (κ1) is 16.4. The second-order valence-corrected chi connectivity index (χ2v) is 6.49. The maximum Gasteiger partial charge on any atom is 0.272 e. The molecule has 0 saturated carbocycles. The molecule has 4 rings (SSSR count). The number of likely N-dealkylation sites (tertiary alicyclic amines) is 1. The molecule has 5 nitrogen and oxygen atoms in total. The van der Waals surface area contributed by atoms with Gasteiger partial charge in [0.05, 0.1) is 11.7 Å². The van der Waals surface area contributed by atoms with Crippen LogP contribution in [0.3, 0.4) is 0 Å². The molecule has 0 radical (unpaired) electrons. The van der Waals surface area contributed by atoms with Crippen molar-refractivity contribution < 1.29 is 9.18 Å². The molecule has 1 aromatic carbocycles. The lowest BCUT2D eigenvalue weighted by molar-refractivity contribution is 0.0726. The van der Waals surface area contributed by atoms with Crippen molar-refractivity contribution in [2.45, 2.75) is 25.3 Å². The van der Waals surface area contributed by atoms with Crippen molar-refractivity contribution in [1.82, 2.24) is 20.1 Å². The van der Waals surface area contributed by atoms with Crippen LogP contribution in [0.4, 0.5) is 4.39 Å². The average molecular weight is 350 g/mol. The zero-order valence-corrected chi connectivity index (χ0v) is 14.2. The Labute approximate surface area is 150 Å². The Morgan fingerprint density at radius 2 is 2.12 bits per heavy atom. The molecule has 1 N–H and O–H groups in total. The number of benzene rings is 1. The van der Waals surface area contributed by atoms with Crippen LogP contribution in [-0.4, -0.2) is 32.5 Å². The maximum atomic E-state index is 13.4. The van der Waals surface area contributed by atoms with E-state index in [0.29, 0.717) is 18.7 Å². The molecule has 0 aliphatic carbocycles. The van der Waals surface area contributed by atoms with E-state index in [4.69, 9.17) is 4.98 Å². The molecule has 2 aromatic heterocycles. The second-order valence-electron chi connectivity index (χ2n) is 6.49. The zero-order valence-electron chi connectivity index (χ0n) is 14.2. The summed E-state index contributed by atoms with van der Waals surface area (Å²) in [6.07, 6.45) is 3.97. The van der Waals surface area contributed by atoms with E-state index >= 15 is 0 Å². The highest BCUT2D eigenvalue weighted by Crippen LogP contribution is 2.32. The van der Waals surface area contributed by atoms with E-state index in [1.807, 2.05) is 29.2 Å². The summed E-state index contributed by atoms with van der Waals surface area (Å²) in [4.78, 5) is 19.3. The van der Waals surface area contributed by atoms with Crippen molar-refractivity contribution in [1.29, 1.82) is 0 Å². The Kier molecular flexibility index (Phi) is 4.48. The van der Waals surface area contributed by atoms with Gasteiger partial charge in [0.25, 0.3) is 5.91 Å². The van der Waals surface area contributed by atoms with Crippen LogP contribution in [0.25, 0.3) is 0 Å². The Morgan fingerprint density at radius 1 is 1.23 bits per heavy atom. The SMILES string of the molecule is O=C(c1ccn[nH]1)N1CCCC1c1cccc(Cc2cccc(F)c2)n1. The fourth-order valence-electron chi connectivity index (χ4n) is 3.49. The molecule has 1 aliphatic rings. The predicted octanol–water partition coefficient (Wildman–Crippen LogP) is 3.51. The van der Waals surface area contributed by atoms with Gasteiger partial charge in [-0.15, -0.1) is 0 Å². The summed E-state index contributed by atoms with van der Waals surface area (Å²) in [7, 11) is 0. The van der Waals surface area contributed by atoms with E-state index in [0.717, 1.165) is 29.8 Å². The molecule has 0 spiro atoms. The highest BCUT2D eigenvalue weighted by atomic mass is 19.1. The van der Waals surface area contributed by atoms with Gasteiger partial charge in [-0.2, -0.15) is 5.10 Å². The van der Waals surface area contributed by atoms with Crippen molar-refractivity contribution in [3.8, 4) is 0 Å². The van der Waals surface area contributed by atoms with E-state index in [9.17, 15) is 9.18 Å². The first-order valence-electron chi connectivity index (χ1n) is 8.71. The van der Waals surface area contributed by atoms with Gasteiger partial charge in [0.1, 0.15) is 11.5 Å². The largest absolute Gasteiger partial charge is 0.329 e. The molecule has 0 bridgehead atoms. The molecule has 1 atom stereocenters. The van der Waals surface area contributed by atoms with E-state index in [1.165, 1.54) is 12.1 Å². The van der Waals surface area contributed by atoms with Gasteiger partial charge < -0.3 is 4.90 Å². The monoisotopic (exact) mass is 350 g/mol. The topological polar surface area (TPSA) is 61.9 Å². The van der Waals surface area contributed by atoms with Crippen LogP contribution in [-0.2, 0) is 6.42 Å². The minimum atomic E-state index is -0.245. The number of pyridine rings is 1.